The molecule has 1 unspecified atom stereocenters. The largest absolute Gasteiger partial charge is 0.497 e. The summed E-state index contributed by atoms with van der Waals surface area (Å²) in [5, 5.41) is 6.46. The summed E-state index contributed by atoms with van der Waals surface area (Å²) in [7, 11) is 1.56. The number of aromatic nitrogens is 2. The summed E-state index contributed by atoms with van der Waals surface area (Å²) in [6.45, 7) is 1.06. The molecule has 1 atom stereocenters. The maximum atomic E-state index is 12.6. The average molecular weight is 351 g/mol. The Bertz CT molecular complexity index is 789. The third-order valence-corrected chi connectivity index (χ3v) is 4.02. The number of methoxy groups -OCH3 is 1. The first kappa shape index (κ1) is 17.2. The minimum atomic E-state index is -2.78. The van der Waals surface area contributed by atoms with Gasteiger partial charge in [-0.1, -0.05) is 0 Å². The standard InChI is InChI=1S/C17H19F2N3O3/c1-17(2)9-13(11-8-10(24-3)4-5-14(11)25-17)20-15(23)12-6-7-22(21-12)16(18)19/h4-8,13,16H,9H2,1-3H3,(H,20,23). The Morgan fingerprint density at radius 1 is 1.44 bits per heavy atom. The summed E-state index contributed by atoms with van der Waals surface area (Å²) in [5.74, 6) is 0.777. The molecule has 0 radical (unpaired) electrons. The zero-order valence-corrected chi connectivity index (χ0v) is 14.1. The van der Waals surface area contributed by atoms with Gasteiger partial charge in [-0.15, -0.1) is 0 Å². The van der Waals surface area contributed by atoms with E-state index in [0.29, 0.717) is 22.6 Å². The summed E-state index contributed by atoms with van der Waals surface area (Å²) in [6, 6.07) is 6.28. The second-order valence-corrected chi connectivity index (χ2v) is 6.45. The van der Waals surface area contributed by atoms with Crippen molar-refractivity contribution in [2.45, 2.75) is 38.5 Å². The predicted molar refractivity (Wildman–Crippen MR) is 86.0 cm³/mol. The van der Waals surface area contributed by atoms with Crippen LogP contribution in [0.3, 0.4) is 0 Å². The highest BCUT2D eigenvalue weighted by Gasteiger charge is 2.35. The van der Waals surface area contributed by atoms with E-state index >= 15 is 0 Å². The van der Waals surface area contributed by atoms with E-state index in [9.17, 15) is 13.6 Å². The zero-order valence-electron chi connectivity index (χ0n) is 14.1. The van der Waals surface area contributed by atoms with E-state index in [2.05, 4.69) is 10.4 Å². The molecule has 0 saturated heterocycles. The summed E-state index contributed by atoms with van der Waals surface area (Å²) in [4.78, 5) is 12.4. The number of nitrogens with zero attached hydrogens (tertiary/aromatic N) is 2. The number of carbonyl (C=O) groups is 1. The molecule has 0 spiro atoms. The molecule has 134 valence electrons. The van der Waals surface area contributed by atoms with E-state index in [4.69, 9.17) is 9.47 Å². The van der Waals surface area contributed by atoms with Gasteiger partial charge in [-0.25, -0.2) is 4.68 Å². The van der Waals surface area contributed by atoms with Gasteiger partial charge in [-0.3, -0.25) is 4.79 Å². The molecule has 1 aromatic heterocycles. The minimum Gasteiger partial charge on any atom is -0.497 e. The molecule has 2 aromatic rings. The van der Waals surface area contributed by atoms with Gasteiger partial charge in [0.05, 0.1) is 13.2 Å². The lowest BCUT2D eigenvalue weighted by Crippen LogP contribution is -2.41. The Hall–Kier alpha value is -2.64. The maximum Gasteiger partial charge on any atom is 0.333 e. The molecular weight excluding hydrogens is 332 g/mol. The molecule has 1 N–H and O–H groups in total. The molecule has 0 bridgehead atoms. The first-order valence-electron chi connectivity index (χ1n) is 7.80. The molecule has 25 heavy (non-hydrogen) atoms. The fourth-order valence-corrected chi connectivity index (χ4v) is 2.89. The topological polar surface area (TPSA) is 65.4 Å². The van der Waals surface area contributed by atoms with E-state index in [1.807, 2.05) is 13.8 Å². The van der Waals surface area contributed by atoms with Crippen LogP contribution >= 0.6 is 0 Å². The predicted octanol–water partition coefficient (Wildman–Crippen LogP) is 3.32. The van der Waals surface area contributed by atoms with Crippen LogP contribution < -0.4 is 14.8 Å². The van der Waals surface area contributed by atoms with E-state index in [-0.39, 0.29) is 11.7 Å². The molecule has 8 heteroatoms. The van der Waals surface area contributed by atoms with Crippen LogP contribution in [0.4, 0.5) is 8.78 Å². The lowest BCUT2D eigenvalue weighted by molar-refractivity contribution is 0.0553. The van der Waals surface area contributed by atoms with Crippen molar-refractivity contribution in [2.75, 3.05) is 7.11 Å². The zero-order chi connectivity index (χ0) is 18.2. The number of benzene rings is 1. The van der Waals surface area contributed by atoms with Gasteiger partial charge in [0.15, 0.2) is 0 Å². The van der Waals surface area contributed by atoms with Crippen molar-refractivity contribution >= 4 is 5.91 Å². The van der Waals surface area contributed by atoms with E-state index in [0.717, 1.165) is 11.8 Å². The number of rotatable bonds is 4. The van der Waals surface area contributed by atoms with Gasteiger partial charge in [0.2, 0.25) is 0 Å². The SMILES string of the molecule is COc1ccc2c(c1)C(NC(=O)c1ccn(C(F)F)n1)CC(C)(C)O2. The molecule has 2 heterocycles. The monoisotopic (exact) mass is 351 g/mol. The lowest BCUT2D eigenvalue weighted by Gasteiger charge is -2.38. The van der Waals surface area contributed by atoms with Crippen molar-refractivity contribution in [1.82, 2.24) is 15.1 Å². The Labute approximate surface area is 143 Å². The van der Waals surface area contributed by atoms with Crippen LogP contribution in [0.5, 0.6) is 11.5 Å². The van der Waals surface area contributed by atoms with Gasteiger partial charge >= 0.3 is 6.55 Å². The van der Waals surface area contributed by atoms with Crippen LogP contribution in [0.25, 0.3) is 0 Å². The average Bonchev–Trinajstić information content (AvgIpc) is 3.04. The Balaban J connectivity index is 1.87. The first-order valence-corrected chi connectivity index (χ1v) is 7.80. The molecule has 6 nitrogen and oxygen atoms in total. The second kappa shape index (κ2) is 6.34. The maximum absolute atomic E-state index is 12.6. The number of fused-ring (bicyclic) bond motifs is 1. The molecule has 1 aliphatic rings. The smallest absolute Gasteiger partial charge is 0.333 e. The number of alkyl halides is 2. The fourth-order valence-electron chi connectivity index (χ4n) is 2.89. The molecule has 3 rings (SSSR count). The van der Waals surface area contributed by atoms with Crippen molar-refractivity contribution in [3.63, 3.8) is 0 Å². The number of hydrogen-bond acceptors (Lipinski definition) is 4. The molecule has 1 aliphatic heterocycles. The summed E-state index contributed by atoms with van der Waals surface area (Å²) in [5.41, 5.74) is 0.233. The first-order chi connectivity index (χ1) is 11.8. The molecule has 0 saturated carbocycles. The van der Waals surface area contributed by atoms with Gasteiger partial charge < -0.3 is 14.8 Å². The van der Waals surface area contributed by atoms with Crippen molar-refractivity contribution < 1.29 is 23.0 Å². The molecule has 1 aromatic carbocycles. The van der Waals surface area contributed by atoms with Gasteiger partial charge in [0.1, 0.15) is 22.8 Å². The highest BCUT2D eigenvalue weighted by Crippen LogP contribution is 2.41. The minimum absolute atomic E-state index is 0.0611. The van der Waals surface area contributed by atoms with Crippen LogP contribution in [0.1, 0.15) is 48.9 Å². The lowest BCUT2D eigenvalue weighted by atomic mass is 9.89. The highest BCUT2D eigenvalue weighted by atomic mass is 19.3. The normalized spacial score (nSPS) is 18.4. The van der Waals surface area contributed by atoms with E-state index in [1.54, 1.807) is 25.3 Å². The third kappa shape index (κ3) is 3.57. The van der Waals surface area contributed by atoms with Crippen LogP contribution in [-0.4, -0.2) is 28.4 Å². The Morgan fingerprint density at radius 2 is 2.20 bits per heavy atom. The quantitative estimate of drug-likeness (QED) is 0.918. The van der Waals surface area contributed by atoms with Crippen LogP contribution in [0.15, 0.2) is 30.5 Å². The third-order valence-electron chi connectivity index (χ3n) is 4.02. The van der Waals surface area contributed by atoms with Gasteiger partial charge in [0, 0.05) is 18.2 Å². The van der Waals surface area contributed by atoms with E-state index < -0.39 is 18.1 Å². The van der Waals surface area contributed by atoms with Gasteiger partial charge in [-0.2, -0.15) is 13.9 Å². The molecule has 0 aliphatic carbocycles. The van der Waals surface area contributed by atoms with Crippen molar-refractivity contribution in [2.24, 2.45) is 0 Å². The number of amides is 1. The Kier molecular flexibility index (Phi) is 4.36. The number of halogens is 2. The van der Waals surface area contributed by atoms with Crippen LogP contribution in [0.2, 0.25) is 0 Å². The second-order valence-electron chi connectivity index (χ2n) is 6.45. The number of nitrogens with one attached hydrogen (secondary N) is 1. The van der Waals surface area contributed by atoms with Crippen LogP contribution in [0, 0.1) is 0 Å². The number of carbonyl (C=O) groups excluding carboxylic acids is 1. The van der Waals surface area contributed by atoms with Gasteiger partial charge in [0.25, 0.3) is 5.91 Å². The fraction of sp³-hybridized carbons (Fsp3) is 0.412. The number of ether oxygens (including phenoxy) is 2. The number of hydrogen-bond donors (Lipinski definition) is 1. The molecular formula is C17H19F2N3O3. The van der Waals surface area contributed by atoms with Crippen molar-refractivity contribution in [1.29, 1.82) is 0 Å². The van der Waals surface area contributed by atoms with Crippen molar-refractivity contribution in [3.05, 3.63) is 41.7 Å². The highest BCUT2D eigenvalue weighted by molar-refractivity contribution is 5.92. The van der Waals surface area contributed by atoms with Gasteiger partial charge in [-0.05, 0) is 38.1 Å². The molecule has 1 amide bonds. The molecule has 0 fully saturated rings. The Morgan fingerprint density at radius 3 is 2.84 bits per heavy atom. The summed E-state index contributed by atoms with van der Waals surface area (Å²) < 4.78 is 36.9. The summed E-state index contributed by atoms with van der Waals surface area (Å²) >= 11 is 0. The summed E-state index contributed by atoms with van der Waals surface area (Å²) in [6.07, 6.45) is 1.60. The van der Waals surface area contributed by atoms with Crippen LogP contribution in [-0.2, 0) is 0 Å². The van der Waals surface area contributed by atoms with Crippen molar-refractivity contribution in [3.8, 4) is 11.5 Å². The van der Waals surface area contributed by atoms with E-state index in [1.165, 1.54) is 6.07 Å².